The predicted molar refractivity (Wildman–Crippen MR) is 140 cm³/mol. The fraction of sp³-hybridized carbons (Fsp3) is 0.800. The second kappa shape index (κ2) is 12.5. The highest BCUT2D eigenvalue weighted by Crippen LogP contribution is 2.40. The molecular weight excluding hydrogens is 532 g/mol. The average Bonchev–Trinajstić information content (AvgIpc) is 3.71. The van der Waals surface area contributed by atoms with Gasteiger partial charge in [-0.2, -0.15) is 4.72 Å². The zero-order chi connectivity index (χ0) is 29.0. The van der Waals surface area contributed by atoms with Crippen LogP contribution in [-0.4, -0.2) is 96.0 Å². The van der Waals surface area contributed by atoms with Gasteiger partial charge < -0.3 is 35.6 Å². The number of hydrogen-bond acceptors (Lipinski definition) is 9. The van der Waals surface area contributed by atoms with Gasteiger partial charge in [0.15, 0.2) is 5.72 Å². The summed E-state index contributed by atoms with van der Waals surface area (Å²) in [7, 11) is -3.58. The molecule has 2 saturated carbocycles. The van der Waals surface area contributed by atoms with Gasteiger partial charge in [0.2, 0.25) is 21.8 Å². The zero-order valence-electron chi connectivity index (χ0n) is 22.8. The second-order valence-electron chi connectivity index (χ2n) is 11.6. The molecule has 1 heterocycles. The Bertz CT molecular complexity index is 1040. The number of ether oxygens (including phenoxy) is 2. The lowest BCUT2D eigenvalue weighted by Gasteiger charge is -2.28. The molecule has 1 saturated heterocycles. The molecule has 3 fully saturated rings. The molecule has 39 heavy (non-hydrogen) atoms. The molecule has 0 spiro atoms. The molecule has 2 aliphatic carbocycles. The number of carbonyl (C=O) groups is 3. The smallest absolute Gasteiger partial charge is 0.408 e. The monoisotopic (exact) mass is 574 g/mol. The van der Waals surface area contributed by atoms with Crippen molar-refractivity contribution in [3.05, 3.63) is 12.2 Å². The van der Waals surface area contributed by atoms with Crippen molar-refractivity contribution in [2.45, 2.75) is 100 Å². The molecule has 3 amide bonds. The quantitative estimate of drug-likeness (QED) is 0.106. The summed E-state index contributed by atoms with van der Waals surface area (Å²) in [6, 6.07) is -2.01. The van der Waals surface area contributed by atoms with Crippen LogP contribution in [0, 0.1) is 5.92 Å². The lowest BCUT2D eigenvalue weighted by atomic mass is 10.1. The molecule has 0 aromatic carbocycles. The van der Waals surface area contributed by atoms with E-state index in [1.807, 2.05) is 0 Å². The number of sulfonamides is 1. The average molecular weight is 575 g/mol. The van der Waals surface area contributed by atoms with E-state index in [1.165, 1.54) is 11.0 Å². The molecule has 0 aromatic heterocycles. The minimum absolute atomic E-state index is 0.0275. The molecule has 1 aliphatic heterocycles. The van der Waals surface area contributed by atoms with Crippen molar-refractivity contribution >= 4 is 27.9 Å². The first-order chi connectivity index (χ1) is 18.1. The van der Waals surface area contributed by atoms with Crippen LogP contribution in [0.1, 0.15) is 65.7 Å². The first-order valence-electron chi connectivity index (χ1n) is 13.4. The largest absolute Gasteiger partial charge is 0.444 e. The molecule has 14 heteroatoms. The van der Waals surface area contributed by atoms with Crippen molar-refractivity contribution < 1.29 is 42.5 Å². The maximum absolute atomic E-state index is 13.2. The van der Waals surface area contributed by atoms with Crippen molar-refractivity contribution in [1.82, 2.24) is 14.9 Å². The highest BCUT2D eigenvalue weighted by atomic mass is 32.2. The number of alkyl carbamates (subject to hydrolysis) is 1. The molecule has 0 bridgehead atoms. The van der Waals surface area contributed by atoms with Gasteiger partial charge >= 0.3 is 6.09 Å². The number of carbonyl (C=O) groups excluding carboxylic acids is 3. The van der Waals surface area contributed by atoms with Crippen LogP contribution in [0.15, 0.2) is 12.2 Å². The minimum atomic E-state index is -3.58. The SMILES string of the molecule is CC(C)(C)OC(=O)N[C@@H](CCCOC/C=C\C(O)(NS(=O)(=O)C1CC1)C1CC1)C(=O)N1C[C@H](O)C[C@H]1C(N)=O. The van der Waals surface area contributed by atoms with E-state index in [4.69, 9.17) is 15.2 Å². The number of nitrogens with one attached hydrogen (secondary N) is 2. The lowest BCUT2D eigenvalue weighted by Crippen LogP contribution is -2.53. The normalized spacial score (nSPS) is 24.4. The summed E-state index contributed by atoms with van der Waals surface area (Å²) in [6.45, 7) is 5.28. The maximum atomic E-state index is 13.2. The lowest BCUT2D eigenvalue weighted by molar-refractivity contribution is -0.139. The summed E-state index contributed by atoms with van der Waals surface area (Å²) < 4.78 is 37.9. The van der Waals surface area contributed by atoms with E-state index < -0.39 is 62.7 Å². The first-order valence-corrected chi connectivity index (χ1v) is 14.9. The number of aliphatic hydroxyl groups is 2. The molecule has 13 nitrogen and oxygen atoms in total. The van der Waals surface area contributed by atoms with Crippen molar-refractivity contribution in [3.8, 4) is 0 Å². The van der Waals surface area contributed by atoms with E-state index in [9.17, 15) is 33.0 Å². The fourth-order valence-electron chi connectivity index (χ4n) is 4.47. The van der Waals surface area contributed by atoms with E-state index in [0.29, 0.717) is 19.3 Å². The van der Waals surface area contributed by atoms with Gasteiger partial charge in [-0.1, -0.05) is 6.08 Å². The Morgan fingerprint density at radius 1 is 1.18 bits per heavy atom. The first kappa shape index (κ1) is 31.3. The third-order valence-electron chi connectivity index (χ3n) is 6.72. The summed E-state index contributed by atoms with van der Waals surface area (Å²) in [5, 5.41) is 22.9. The van der Waals surface area contributed by atoms with Gasteiger partial charge in [-0.25, -0.2) is 13.2 Å². The zero-order valence-corrected chi connectivity index (χ0v) is 23.6. The Hall–Kier alpha value is -2.26. The van der Waals surface area contributed by atoms with Crippen LogP contribution >= 0.6 is 0 Å². The highest BCUT2D eigenvalue weighted by Gasteiger charge is 2.48. The Kier molecular flexibility index (Phi) is 10.0. The second-order valence-corrected chi connectivity index (χ2v) is 13.5. The van der Waals surface area contributed by atoms with Gasteiger partial charge in [0, 0.05) is 25.5 Å². The van der Waals surface area contributed by atoms with Gasteiger partial charge in [0.25, 0.3) is 0 Å². The van der Waals surface area contributed by atoms with Gasteiger partial charge in [0.1, 0.15) is 17.7 Å². The summed E-state index contributed by atoms with van der Waals surface area (Å²) in [5.41, 5.74) is 2.98. The van der Waals surface area contributed by atoms with Crippen LogP contribution < -0.4 is 15.8 Å². The fourth-order valence-corrected chi connectivity index (χ4v) is 6.08. The topological polar surface area (TPSA) is 198 Å². The van der Waals surface area contributed by atoms with E-state index >= 15 is 0 Å². The number of nitrogens with two attached hydrogens (primary N) is 1. The molecule has 222 valence electrons. The van der Waals surface area contributed by atoms with Crippen molar-refractivity contribution in [3.63, 3.8) is 0 Å². The van der Waals surface area contributed by atoms with Gasteiger partial charge in [-0.15, -0.1) is 0 Å². The van der Waals surface area contributed by atoms with Crippen molar-refractivity contribution in [1.29, 1.82) is 0 Å². The van der Waals surface area contributed by atoms with E-state index in [-0.39, 0.29) is 38.5 Å². The van der Waals surface area contributed by atoms with Crippen molar-refractivity contribution in [2.75, 3.05) is 19.8 Å². The molecule has 0 radical (unpaired) electrons. The molecular formula is C25H42N4O9S. The van der Waals surface area contributed by atoms with E-state index in [0.717, 1.165) is 12.8 Å². The molecule has 4 atom stereocenters. The Balaban J connectivity index is 1.52. The molecule has 3 rings (SSSR count). The van der Waals surface area contributed by atoms with Gasteiger partial charge in [-0.05, 0) is 65.4 Å². The number of likely N-dealkylation sites (tertiary alicyclic amines) is 1. The van der Waals surface area contributed by atoms with Gasteiger partial charge in [-0.3, -0.25) is 9.59 Å². The van der Waals surface area contributed by atoms with E-state index in [2.05, 4.69) is 10.0 Å². The number of nitrogens with zero attached hydrogens (tertiary/aromatic N) is 1. The van der Waals surface area contributed by atoms with Crippen LogP contribution in [0.25, 0.3) is 0 Å². The van der Waals surface area contributed by atoms with Crippen molar-refractivity contribution in [2.24, 2.45) is 11.7 Å². The van der Waals surface area contributed by atoms with E-state index in [1.54, 1.807) is 26.8 Å². The molecule has 1 unspecified atom stereocenters. The summed E-state index contributed by atoms with van der Waals surface area (Å²) >= 11 is 0. The van der Waals surface area contributed by atoms with Gasteiger partial charge in [0.05, 0.1) is 18.0 Å². The number of rotatable bonds is 14. The number of primary amides is 1. The number of aliphatic hydroxyl groups excluding tert-OH is 1. The molecule has 0 aromatic rings. The highest BCUT2D eigenvalue weighted by molar-refractivity contribution is 7.90. The maximum Gasteiger partial charge on any atom is 0.408 e. The molecule has 6 N–H and O–H groups in total. The predicted octanol–water partition coefficient (Wildman–Crippen LogP) is -0.140. The van der Waals surface area contributed by atoms with Crippen LogP contribution in [0.3, 0.4) is 0 Å². The molecule has 3 aliphatic rings. The summed E-state index contributed by atoms with van der Waals surface area (Å²) in [5.74, 6) is -1.48. The third kappa shape index (κ3) is 9.41. The number of β-amino-alcohol motifs (C(OH)–C–C–N with tert-alkyl or cyclic N) is 1. The Labute approximate surface area is 229 Å². The van der Waals surface area contributed by atoms with Crippen LogP contribution in [0.4, 0.5) is 4.79 Å². The standard InChI is InChI=1S/C25H42N4O9S/c1-24(2,3)38-23(33)27-19(22(32)29-15-17(30)14-20(29)21(26)31)6-4-12-37-13-5-11-25(34,16-7-8-16)28-39(35,36)18-9-10-18/h5,11,16-20,28,30,34H,4,6-10,12-15H2,1-3H3,(H2,26,31)(H,27,33)/b11-5-/t17-,19+,20+,25?/m1/s1. The Morgan fingerprint density at radius 3 is 2.41 bits per heavy atom. The van der Waals surface area contributed by atoms with Crippen LogP contribution in [0.5, 0.6) is 0 Å². The minimum Gasteiger partial charge on any atom is -0.444 e. The summed E-state index contributed by atoms with van der Waals surface area (Å²) in [4.78, 5) is 38.6. The number of amides is 3. The number of hydrogen-bond donors (Lipinski definition) is 5. The third-order valence-corrected chi connectivity index (χ3v) is 8.68. The summed E-state index contributed by atoms with van der Waals surface area (Å²) in [6.07, 6.45) is 4.44. The van der Waals surface area contributed by atoms with Crippen LogP contribution in [-0.2, 0) is 29.1 Å². The van der Waals surface area contributed by atoms with Crippen LogP contribution in [0.2, 0.25) is 0 Å². The Morgan fingerprint density at radius 2 is 1.85 bits per heavy atom.